The fraction of sp³-hybridized carbons (Fsp3) is 0.696. The summed E-state index contributed by atoms with van der Waals surface area (Å²) in [4.78, 5) is 36.0. The van der Waals surface area contributed by atoms with Crippen molar-refractivity contribution < 1.29 is 9.59 Å². The number of rotatable bonds is 9. The largest absolute Gasteiger partial charge is 0.357 e. The quantitative estimate of drug-likeness (QED) is 0.669. The molecule has 1 N–H and O–H groups in total. The molecule has 0 atom stereocenters. The van der Waals surface area contributed by atoms with E-state index in [0.29, 0.717) is 38.0 Å². The molecule has 0 unspecified atom stereocenters. The molecule has 1 fully saturated rings. The van der Waals surface area contributed by atoms with Crippen LogP contribution >= 0.6 is 0 Å². The van der Waals surface area contributed by atoms with Crippen LogP contribution in [-0.2, 0) is 4.79 Å². The molecule has 1 aliphatic heterocycles. The smallest absolute Gasteiger partial charge is 0.255 e. The van der Waals surface area contributed by atoms with Gasteiger partial charge in [-0.1, -0.05) is 13.8 Å². The average Bonchev–Trinajstić information content (AvgIpc) is 2.72. The van der Waals surface area contributed by atoms with Gasteiger partial charge in [0.2, 0.25) is 5.91 Å². The minimum Gasteiger partial charge on any atom is -0.357 e. The van der Waals surface area contributed by atoms with Gasteiger partial charge in [-0.15, -0.1) is 0 Å². The maximum Gasteiger partial charge on any atom is 0.255 e. The van der Waals surface area contributed by atoms with E-state index in [1.807, 2.05) is 31.1 Å². The minimum absolute atomic E-state index is 0.000397. The van der Waals surface area contributed by atoms with E-state index in [2.05, 4.69) is 47.8 Å². The van der Waals surface area contributed by atoms with Crippen molar-refractivity contribution in [1.82, 2.24) is 20.1 Å². The van der Waals surface area contributed by atoms with Crippen molar-refractivity contribution in [3.63, 3.8) is 0 Å². The SMILES string of the molecule is CCN(CC)c1ccc(C(=O)N2CCC(C(=O)NCC(C)(C)CN(C)C)CC2)cn1. The predicted molar refractivity (Wildman–Crippen MR) is 122 cm³/mol. The lowest BCUT2D eigenvalue weighted by Gasteiger charge is -2.33. The highest BCUT2D eigenvalue weighted by Gasteiger charge is 2.29. The second-order valence-corrected chi connectivity index (χ2v) is 9.26. The molecule has 30 heavy (non-hydrogen) atoms. The molecule has 0 aromatic carbocycles. The van der Waals surface area contributed by atoms with Crippen LogP contribution in [0.15, 0.2) is 18.3 Å². The van der Waals surface area contributed by atoms with E-state index in [1.54, 1.807) is 6.20 Å². The van der Waals surface area contributed by atoms with Crippen LogP contribution in [-0.4, -0.2) is 80.0 Å². The number of carbonyl (C=O) groups excluding carboxylic acids is 2. The van der Waals surface area contributed by atoms with Gasteiger partial charge in [0.1, 0.15) is 5.82 Å². The summed E-state index contributed by atoms with van der Waals surface area (Å²) in [7, 11) is 4.09. The number of amides is 2. The minimum atomic E-state index is -0.0210. The summed E-state index contributed by atoms with van der Waals surface area (Å²) in [6.07, 6.45) is 3.08. The molecule has 0 spiro atoms. The summed E-state index contributed by atoms with van der Waals surface area (Å²) in [6.45, 7) is 13.1. The molecule has 1 aromatic rings. The third-order valence-corrected chi connectivity index (χ3v) is 5.72. The summed E-state index contributed by atoms with van der Waals surface area (Å²) in [5, 5.41) is 3.12. The third kappa shape index (κ3) is 6.69. The molecule has 7 heteroatoms. The van der Waals surface area contributed by atoms with E-state index >= 15 is 0 Å². The van der Waals surface area contributed by atoms with Crippen LogP contribution in [0.3, 0.4) is 0 Å². The highest BCUT2D eigenvalue weighted by Crippen LogP contribution is 2.21. The fourth-order valence-electron chi connectivity index (χ4n) is 4.16. The van der Waals surface area contributed by atoms with Crippen molar-refractivity contribution in [3.8, 4) is 0 Å². The topological polar surface area (TPSA) is 68.8 Å². The Kier molecular flexibility index (Phi) is 8.65. The molecule has 0 bridgehead atoms. The van der Waals surface area contributed by atoms with Crippen molar-refractivity contribution in [2.75, 3.05) is 58.3 Å². The highest BCUT2D eigenvalue weighted by atomic mass is 16.2. The Morgan fingerprint density at radius 2 is 1.80 bits per heavy atom. The van der Waals surface area contributed by atoms with E-state index in [4.69, 9.17) is 0 Å². The molecule has 2 heterocycles. The van der Waals surface area contributed by atoms with Crippen molar-refractivity contribution in [2.24, 2.45) is 11.3 Å². The van der Waals surface area contributed by atoms with Crippen LogP contribution in [0.5, 0.6) is 0 Å². The van der Waals surface area contributed by atoms with E-state index in [9.17, 15) is 9.59 Å². The Balaban J connectivity index is 1.84. The van der Waals surface area contributed by atoms with Gasteiger partial charge >= 0.3 is 0 Å². The first-order valence-electron chi connectivity index (χ1n) is 11.1. The number of nitrogens with zero attached hydrogens (tertiary/aromatic N) is 4. The van der Waals surface area contributed by atoms with E-state index < -0.39 is 0 Å². The van der Waals surface area contributed by atoms with E-state index in [-0.39, 0.29) is 23.1 Å². The van der Waals surface area contributed by atoms with Crippen LogP contribution in [0.4, 0.5) is 5.82 Å². The third-order valence-electron chi connectivity index (χ3n) is 5.72. The van der Waals surface area contributed by atoms with Gasteiger partial charge in [-0.25, -0.2) is 4.98 Å². The Labute approximate surface area is 181 Å². The first-order chi connectivity index (χ1) is 14.2. The second kappa shape index (κ2) is 10.8. The molecule has 0 saturated carbocycles. The number of likely N-dealkylation sites (tertiary alicyclic amines) is 1. The van der Waals surface area contributed by atoms with Gasteiger partial charge in [-0.3, -0.25) is 9.59 Å². The first kappa shape index (κ1) is 24.1. The summed E-state index contributed by atoms with van der Waals surface area (Å²) in [5.74, 6) is 0.982. The van der Waals surface area contributed by atoms with Crippen molar-refractivity contribution in [2.45, 2.75) is 40.5 Å². The molecule has 1 aromatic heterocycles. The molecule has 0 radical (unpaired) electrons. The zero-order chi connectivity index (χ0) is 22.3. The van der Waals surface area contributed by atoms with Crippen molar-refractivity contribution in [3.05, 3.63) is 23.9 Å². The fourth-order valence-corrected chi connectivity index (χ4v) is 4.16. The Morgan fingerprint density at radius 1 is 1.17 bits per heavy atom. The number of piperidine rings is 1. The number of anilines is 1. The van der Waals surface area contributed by atoms with Crippen molar-refractivity contribution >= 4 is 17.6 Å². The van der Waals surface area contributed by atoms with Crippen LogP contribution in [0, 0.1) is 11.3 Å². The maximum atomic E-state index is 12.8. The molecular formula is C23H39N5O2. The Bertz CT molecular complexity index is 690. The van der Waals surface area contributed by atoms with Gasteiger partial charge in [-0.2, -0.15) is 0 Å². The average molecular weight is 418 g/mol. The molecule has 168 valence electrons. The molecule has 7 nitrogen and oxygen atoms in total. The number of aromatic nitrogens is 1. The number of hydrogen-bond acceptors (Lipinski definition) is 5. The Morgan fingerprint density at radius 3 is 2.30 bits per heavy atom. The summed E-state index contributed by atoms with van der Waals surface area (Å²) >= 11 is 0. The number of carbonyl (C=O) groups is 2. The molecular weight excluding hydrogens is 378 g/mol. The second-order valence-electron chi connectivity index (χ2n) is 9.26. The number of pyridine rings is 1. The lowest BCUT2D eigenvalue weighted by molar-refractivity contribution is -0.126. The van der Waals surface area contributed by atoms with E-state index in [1.165, 1.54) is 0 Å². The van der Waals surface area contributed by atoms with E-state index in [0.717, 1.165) is 25.5 Å². The number of nitrogens with one attached hydrogen (secondary N) is 1. The summed E-state index contributed by atoms with van der Waals surface area (Å²) in [5.41, 5.74) is 0.638. The maximum absolute atomic E-state index is 12.8. The molecule has 1 aliphatic rings. The predicted octanol–water partition coefficient (Wildman–Crippen LogP) is 2.48. The highest BCUT2D eigenvalue weighted by molar-refractivity contribution is 5.94. The lowest BCUT2D eigenvalue weighted by atomic mass is 9.91. The zero-order valence-electron chi connectivity index (χ0n) is 19.6. The van der Waals surface area contributed by atoms with Gasteiger partial charge in [0.15, 0.2) is 0 Å². The summed E-state index contributed by atoms with van der Waals surface area (Å²) < 4.78 is 0. The molecule has 2 rings (SSSR count). The molecule has 0 aliphatic carbocycles. The monoisotopic (exact) mass is 417 g/mol. The van der Waals surface area contributed by atoms with Crippen LogP contribution < -0.4 is 10.2 Å². The van der Waals surface area contributed by atoms with Gasteiger partial charge in [0.25, 0.3) is 5.91 Å². The van der Waals surface area contributed by atoms with Gasteiger partial charge in [0.05, 0.1) is 5.56 Å². The van der Waals surface area contributed by atoms with Gasteiger partial charge < -0.3 is 20.0 Å². The zero-order valence-corrected chi connectivity index (χ0v) is 19.6. The normalized spacial score (nSPS) is 15.4. The first-order valence-corrected chi connectivity index (χ1v) is 11.1. The number of hydrogen-bond donors (Lipinski definition) is 1. The Hall–Kier alpha value is -2.15. The van der Waals surface area contributed by atoms with Gasteiger partial charge in [-0.05, 0) is 58.3 Å². The molecule has 2 amide bonds. The van der Waals surface area contributed by atoms with Crippen molar-refractivity contribution in [1.29, 1.82) is 0 Å². The lowest BCUT2D eigenvalue weighted by Crippen LogP contribution is -2.46. The van der Waals surface area contributed by atoms with Crippen LogP contribution in [0.25, 0.3) is 0 Å². The van der Waals surface area contributed by atoms with Crippen LogP contribution in [0.2, 0.25) is 0 Å². The van der Waals surface area contributed by atoms with Gasteiger partial charge in [0, 0.05) is 51.4 Å². The summed E-state index contributed by atoms with van der Waals surface area (Å²) in [6, 6.07) is 3.77. The van der Waals surface area contributed by atoms with Crippen LogP contribution in [0.1, 0.15) is 50.9 Å². The molecule has 1 saturated heterocycles. The standard InChI is InChI=1S/C23H39N5O2/c1-7-27(8-2)20-10-9-19(15-24-20)22(30)28-13-11-18(12-14-28)21(29)25-16-23(3,4)17-26(5)6/h9-10,15,18H,7-8,11-14,16-17H2,1-6H3,(H,25,29).